The molecule has 1 aromatic rings. The van der Waals surface area contributed by atoms with E-state index in [9.17, 15) is 18.0 Å². The highest BCUT2D eigenvalue weighted by Crippen LogP contribution is 2.17. The van der Waals surface area contributed by atoms with Crippen LogP contribution in [0.5, 0.6) is 0 Å². The van der Waals surface area contributed by atoms with Crippen LogP contribution in [-0.4, -0.2) is 37.0 Å². The van der Waals surface area contributed by atoms with Gasteiger partial charge in [0.15, 0.2) is 0 Å². The molecule has 1 amide bonds. The zero-order chi connectivity index (χ0) is 15.4. The lowest BCUT2D eigenvalue weighted by Gasteiger charge is -2.26. The number of rotatable bonds is 4. The molecule has 0 aromatic heterocycles. The molecule has 1 saturated heterocycles. The van der Waals surface area contributed by atoms with Crippen LogP contribution >= 0.6 is 0 Å². The average Bonchev–Trinajstić information content (AvgIpc) is 2.44. The number of nitrogens with one attached hydrogen (secondary N) is 1. The van der Waals surface area contributed by atoms with Crippen LogP contribution in [0, 0.1) is 17.5 Å². The number of piperidine rings is 1. The largest absolute Gasteiger partial charge is 0.341 e. The second-order valence-corrected chi connectivity index (χ2v) is 5.41. The molecular weight excluding hydrogens is 281 g/mol. The Kier molecular flexibility index (Phi) is 5.22. The molecule has 3 nitrogen and oxygen atoms in total. The Morgan fingerprint density at radius 3 is 2.52 bits per heavy atom. The standard InChI is InChI=1S/C15H19F3N2O/c1-20(7-5-11-4-2-3-6-19-11)15(21)14-12(17)8-10(16)9-13(14)18/h8-9,11,19H,2-7H2,1H3. The van der Waals surface area contributed by atoms with E-state index >= 15 is 0 Å². The van der Waals surface area contributed by atoms with Crippen molar-refractivity contribution in [2.75, 3.05) is 20.1 Å². The average molecular weight is 300 g/mol. The van der Waals surface area contributed by atoms with Crippen molar-refractivity contribution in [1.29, 1.82) is 0 Å². The minimum Gasteiger partial charge on any atom is -0.341 e. The molecule has 0 spiro atoms. The van der Waals surface area contributed by atoms with Gasteiger partial charge in [0.1, 0.15) is 23.0 Å². The summed E-state index contributed by atoms with van der Waals surface area (Å²) in [6, 6.07) is 1.37. The SMILES string of the molecule is CN(CCC1CCCCN1)C(=O)c1c(F)cc(F)cc1F. The van der Waals surface area contributed by atoms with E-state index in [1.165, 1.54) is 11.9 Å². The van der Waals surface area contributed by atoms with E-state index < -0.39 is 28.9 Å². The normalized spacial score (nSPS) is 18.6. The number of carbonyl (C=O) groups is 1. The molecule has 1 N–H and O–H groups in total. The summed E-state index contributed by atoms with van der Waals surface area (Å²) >= 11 is 0. The van der Waals surface area contributed by atoms with Gasteiger partial charge in [0.25, 0.3) is 5.91 Å². The summed E-state index contributed by atoms with van der Waals surface area (Å²) in [4.78, 5) is 13.3. The smallest absolute Gasteiger partial charge is 0.259 e. The number of amides is 1. The zero-order valence-corrected chi connectivity index (χ0v) is 12.0. The van der Waals surface area contributed by atoms with Crippen molar-refractivity contribution in [2.24, 2.45) is 0 Å². The van der Waals surface area contributed by atoms with Crippen molar-refractivity contribution in [3.05, 3.63) is 35.1 Å². The maximum absolute atomic E-state index is 13.6. The van der Waals surface area contributed by atoms with E-state index in [0.29, 0.717) is 24.7 Å². The van der Waals surface area contributed by atoms with Gasteiger partial charge in [-0.25, -0.2) is 13.2 Å². The Balaban J connectivity index is 1.99. The van der Waals surface area contributed by atoms with Gasteiger partial charge in [0.05, 0.1) is 0 Å². The molecule has 0 radical (unpaired) electrons. The van der Waals surface area contributed by atoms with Crippen LogP contribution in [0.2, 0.25) is 0 Å². The van der Waals surface area contributed by atoms with E-state index in [-0.39, 0.29) is 0 Å². The van der Waals surface area contributed by atoms with Crippen LogP contribution in [0.15, 0.2) is 12.1 Å². The summed E-state index contributed by atoms with van der Waals surface area (Å²) in [6.07, 6.45) is 4.07. The lowest BCUT2D eigenvalue weighted by Crippen LogP contribution is -2.38. The number of halogens is 3. The second kappa shape index (κ2) is 6.93. The van der Waals surface area contributed by atoms with E-state index in [1.54, 1.807) is 0 Å². The first-order chi connectivity index (χ1) is 9.99. The molecule has 1 heterocycles. The summed E-state index contributed by atoms with van der Waals surface area (Å²) in [7, 11) is 1.49. The highest BCUT2D eigenvalue weighted by atomic mass is 19.1. The highest BCUT2D eigenvalue weighted by molar-refractivity contribution is 5.94. The summed E-state index contributed by atoms with van der Waals surface area (Å²) < 4.78 is 40.0. The van der Waals surface area contributed by atoms with Crippen LogP contribution in [-0.2, 0) is 0 Å². The molecule has 1 aliphatic rings. The van der Waals surface area contributed by atoms with E-state index in [0.717, 1.165) is 32.2 Å². The van der Waals surface area contributed by atoms with Gasteiger partial charge in [-0.3, -0.25) is 4.79 Å². The van der Waals surface area contributed by atoms with Gasteiger partial charge < -0.3 is 10.2 Å². The quantitative estimate of drug-likeness (QED) is 0.927. The third-order valence-corrected chi connectivity index (χ3v) is 3.79. The first-order valence-corrected chi connectivity index (χ1v) is 7.12. The van der Waals surface area contributed by atoms with Crippen molar-refractivity contribution in [1.82, 2.24) is 10.2 Å². The molecule has 2 rings (SSSR count). The van der Waals surface area contributed by atoms with Crippen LogP contribution in [0.1, 0.15) is 36.0 Å². The van der Waals surface area contributed by atoms with Crippen molar-refractivity contribution in [2.45, 2.75) is 31.7 Å². The van der Waals surface area contributed by atoms with E-state index in [1.807, 2.05) is 0 Å². The third-order valence-electron chi connectivity index (χ3n) is 3.79. The van der Waals surface area contributed by atoms with Crippen LogP contribution in [0.4, 0.5) is 13.2 Å². The van der Waals surface area contributed by atoms with E-state index in [4.69, 9.17) is 0 Å². The Bertz CT molecular complexity index is 493. The minimum absolute atomic E-state index is 0.330. The Labute approximate surface area is 122 Å². The highest BCUT2D eigenvalue weighted by Gasteiger charge is 2.23. The summed E-state index contributed by atoms with van der Waals surface area (Å²) in [6.45, 7) is 1.36. The molecule has 21 heavy (non-hydrogen) atoms. The topological polar surface area (TPSA) is 32.3 Å². The fourth-order valence-corrected chi connectivity index (χ4v) is 2.56. The van der Waals surface area contributed by atoms with Gasteiger partial charge >= 0.3 is 0 Å². The Morgan fingerprint density at radius 1 is 1.29 bits per heavy atom. The molecule has 0 saturated carbocycles. The Morgan fingerprint density at radius 2 is 1.95 bits per heavy atom. The number of benzene rings is 1. The molecule has 1 unspecified atom stereocenters. The number of hydrogen-bond acceptors (Lipinski definition) is 2. The number of hydrogen-bond donors (Lipinski definition) is 1. The predicted octanol–water partition coefficient (Wildman–Crippen LogP) is 2.71. The van der Waals surface area contributed by atoms with Crippen LogP contribution in [0.3, 0.4) is 0 Å². The molecule has 1 fully saturated rings. The molecule has 1 aliphatic heterocycles. The van der Waals surface area contributed by atoms with Gasteiger partial charge in [-0.2, -0.15) is 0 Å². The van der Waals surface area contributed by atoms with Gasteiger partial charge in [-0.1, -0.05) is 6.42 Å². The Hall–Kier alpha value is -1.56. The third kappa shape index (κ3) is 3.97. The van der Waals surface area contributed by atoms with E-state index in [2.05, 4.69) is 5.32 Å². The first-order valence-electron chi connectivity index (χ1n) is 7.12. The van der Waals surface area contributed by atoms with Crippen molar-refractivity contribution < 1.29 is 18.0 Å². The fraction of sp³-hybridized carbons (Fsp3) is 0.533. The zero-order valence-electron chi connectivity index (χ0n) is 12.0. The molecular formula is C15H19F3N2O. The molecule has 0 aliphatic carbocycles. The summed E-state index contributed by atoms with van der Waals surface area (Å²) in [5.74, 6) is -4.13. The molecule has 116 valence electrons. The summed E-state index contributed by atoms with van der Waals surface area (Å²) in [5.41, 5.74) is -0.699. The van der Waals surface area contributed by atoms with Crippen molar-refractivity contribution >= 4 is 5.91 Å². The van der Waals surface area contributed by atoms with Crippen LogP contribution < -0.4 is 5.32 Å². The maximum Gasteiger partial charge on any atom is 0.259 e. The van der Waals surface area contributed by atoms with Gasteiger partial charge in [0, 0.05) is 31.8 Å². The lowest BCUT2D eigenvalue weighted by atomic mass is 10.0. The fourth-order valence-electron chi connectivity index (χ4n) is 2.56. The minimum atomic E-state index is -1.17. The van der Waals surface area contributed by atoms with Gasteiger partial charge in [0.2, 0.25) is 0 Å². The van der Waals surface area contributed by atoms with Crippen LogP contribution in [0.25, 0.3) is 0 Å². The molecule has 0 bridgehead atoms. The monoisotopic (exact) mass is 300 g/mol. The summed E-state index contributed by atoms with van der Waals surface area (Å²) in [5, 5.41) is 3.35. The van der Waals surface area contributed by atoms with Gasteiger partial charge in [-0.15, -0.1) is 0 Å². The predicted molar refractivity (Wildman–Crippen MR) is 73.5 cm³/mol. The molecule has 6 heteroatoms. The van der Waals surface area contributed by atoms with Crippen molar-refractivity contribution in [3.63, 3.8) is 0 Å². The lowest BCUT2D eigenvalue weighted by molar-refractivity contribution is 0.0778. The van der Waals surface area contributed by atoms with Crippen molar-refractivity contribution in [3.8, 4) is 0 Å². The molecule has 1 aromatic carbocycles. The van der Waals surface area contributed by atoms with Gasteiger partial charge in [-0.05, 0) is 25.8 Å². The number of nitrogens with zero attached hydrogens (tertiary/aromatic N) is 1. The number of carbonyl (C=O) groups excluding carboxylic acids is 1. The second-order valence-electron chi connectivity index (χ2n) is 5.41. The molecule has 1 atom stereocenters. The maximum atomic E-state index is 13.6. The first kappa shape index (κ1) is 15.8.